The summed E-state index contributed by atoms with van der Waals surface area (Å²) >= 11 is 0. The molecule has 6 nitrogen and oxygen atoms in total. The molecule has 1 fully saturated rings. The molecule has 0 unspecified atom stereocenters. The normalized spacial score (nSPS) is 14.1. The van der Waals surface area contributed by atoms with Gasteiger partial charge in [-0.15, -0.1) is 0 Å². The van der Waals surface area contributed by atoms with Gasteiger partial charge in [0.1, 0.15) is 17.3 Å². The largest absolute Gasteiger partial charge is 0.496 e. The number of carbonyl (C=O) groups excluding carboxylic acids is 1. The van der Waals surface area contributed by atoms with Crippen LogP contribution in [-0.2, 0) is 10.0 Å². The van der Waals surface area contributed by atoms with E-state index in [1.807, 2.05) is 0 Å². The summed E-state index contributed by atoms with van der Waals surface area (Å²) in [6.07, 6.45) is 4.15. The number of nitrogens with one attached hydrogen (secondary N) is 1. The summed E-state index contributed by atoms with van der Waals surface area (Å²) in [4.78, 5) is 12.2. The minimum Gasteiger partial charge on any atom is -0.496 e. The maximum atomic E-state index is 13.0. The van der Waals surface area contributed by atoms with E-state index in [1.165, 1.54) is 56.7 Å². The summed E-state index contributed by atoms with van der Waals surface area (Å²) < 4.78 is 50.6. The van der Waals surface area contributed by atoms with E-state index in [4.69, 9.17) is 9.47 Å². The lowest BCUT2D eigenvalue weighted by Crippen LogP contribution is -2.18. The minimum absolute atomic E-state index is 0.272. The fourth-order valence-electron chi connectivity index (χ4n) is 2.62. The van der Waals surface area contributed by atoms with Crippen LogP contribution in [0.15, 0.2) is 42.5 Å². The third-order valence-electron chi connectivity index (χ3n) is 4.31. The van der Waals surface area contributed by atoms with Crippen molar-refractivity contribution in [3.63, 3.8) is 0 Å². The van der Waals surface area contributed by atoms with E-state index in [0.717, 1.165) is 0 Å². The van der Waals surface area contributed by atoms with Gasteiger partial charge >= 0.3 is 0 Å². The number of allylic oxidation sites excluding steroid dienone is 1. The summed E-state index contributed by atoms with van der Waals surface area (Å²) in [6, 6.07) is 8.32. The number of benzene rings is 2. The standard InChI is InChI=1S/C20H20FNO5S/c1-26-19-12-17(22-28(24,25)16-8-9-16)20(27-2)11-14(19)5-10-18(23)13-3-6-15(21)7-4-13/h3-7,10-12,16,22H,8-9H2,1-2H3/b10-5+. The molecule has 2 aromatic carbocycles. The molecule has 3 rings (SSSR count). The fraction of sp³-hybridized carbons (Fsp3) is 0.250. The highest BCUT2D eigenvalue weighted by atomic mass is 32.2. The number of ketones is 1. The van der Waals surface area contributed by atoms with E-state index in [9.17, 15) is 17.6 Å². The number of rotatable bonds is 8. The first-order valence-electron chi connectivity index (χ1n) is 8.59. The lowest BCUT2D eigenvalue weighted by molar-refractivity contribution is 0.104. The Morgan fingerprint density at radius 2 is 1.75 bits per heavy atom. The lowest BCUT2D eigenvalue weighted by Gasteiger charge is -2.15. The molecule has 0 bridgehead atoms. The van der Waals surface area contributed by atoms with Crippen LogP contribution in [0.4, 0.5) is 10.1 Å². The molecule has 0 saturated heterocycles. The maximum absolute atomic E-state index is 13.0. The van der Waals surface area contributed by atoms with Crippen LogP contribution < -0.4 is 14.2 Å². The first kappa shape index (κ1) is 19.9. The van der Waals surface area contributed by atoms with Crippen LogP contribution >= 0.6 is 0 Å². The average Bonchev–Trinajstić information content (AvgIpc) is 3.52. The number of carbonyl (C=O) groups is 1. The third-order valence-corrected chi connectivity index (χ3v) is 6.16. The van der Waals surface area contributed by atoms with E-state index in [-0.39, 0.29) is 16.7 Å². The smallest absolute Gasteiger partial charge is 0.235 e. The Labute approximate surface area is 163 Å². The highest BCUT2D eigenvalue weighted by molar-refractivity contribution is 7.93. The molecule has 0 amide bonds. The van der Waals surface area contributed by atoms with Gasteiger partial charge in [0.15, 0.2) is 5.78 Å². The van der Waals surface area contributed by atoms with Crippen molar-refractivity contribution in [1.29, 1.82) is 0 Å². The molecule has 1 saturated carbocycles. The predicted molar refractivity (Wildman–Crippen MR) is 105 cm³/mol. The SMILES string of the molecule is COc1cc(NS(=O)(=O)C2CC2)c(OC)cc1/C=C/C(=O)c1ccc(F)cc1. The Hall–Kier alpha value is -2.87. The monoisotopic (exact) mass is 405 g/mol. The number of ether oxygens (including phenoxy) is 2. The number of halogens is 1. The molecule has 0 heterocycles. The highest BCUT2D eigenvalue weighted by Crippen LogP contribution is 2.37. The Bertz CT molecular complexity index is 1010. The van der Waals surface area contributed by atoms with Crippen molar-refractivity contribution in [3.05, 3.63) is 59.4 Å². The summed E-state index contributed by atoms with van der Waals surface area (Å²) in [7, 11) is -0.595. The maximum Gasteiger partial charge on any atom is 0.235 e. The van der Waals surface area contributed by atoms with Crippen LogP contribution in [0.25, 0.3) is 6.08 Å². The first-order chi connectivity index (χ1) is 13.3. The molecule has 0 aromatic heterocycles. The number of hydrogen-bond donors (Lipinski definition) is 1. The Balaban J connectivity index is 1.88. The van der Waals surface area contributed by atoms with Gasteiger partial charge in [0.05, 0.1) is 25.2 Å². The van der Waals surface area contributed by atoms with Gasteiger partial charge in [-0.3, -0.25) is 9.52 Å². The molecule has 28 heavy (non-hydrogen) atoms. The van der Waals surface area contributed by atoms with Crippen molar-refractivity contribution in [2.45, 2.75) is 18.1 Å². The van der Waals surface area contributed by atoms with Gasteiger partial charge in [-0.1, -0.05) is 0 Å². The summed E-state index contributed by atoms with van der Waals surface area (Å²) in [5, 5.41) is -0.379. The van der Waals surface area contributed by atoms with Crippen LogP contribution in [0, 0.1) is 5.82 Å². The minimum atomic E-state index is -3.46. The van der Waals surface area contributed by atoms with Gasteiger partial charge in [-0.2, -0.15) is 0 Å². The van der Waals surface area contributed by atoms with Crippen molar-refractivity contribution < 1.29 is 27.1 Å². The Morgan fingerprint density at radius 3 is 2.32 bits per heavy atom. The zero-order valence-corrected chi connectivity index (χ0v) is 16.3. The molecule has 1 aliphatic rings. The summed E-state index contributed by atoms with van der Waals surface area (Å²) in [5.41, 5.74) is 1.15. The average molecular weight is 405 g/mol. The number of hydrogen-bond acceptors (Lipinski definition) is 5. The van der Waals surface area contributed by atoms with Crippen molar-refractivity contribution in [1.82, 2.24) is 0 Å². The van der Waals surface area contributed by atoms with Crippen LogP contribution in [0.3, 0.4) is 0 Å². The number of sulfonamides is 1. The van der Waals surface area contributed by atoms with E-state index in [1.54, 1.807) is 6.07 Å². The molecule has 1 N–H and O–H groups in total. The zero-order valence-electron chi connectivity index (χ0n) is 15.4. The predicted octanol–water partition coefficient (Wildman–Crippen LogP) is 3.64. The quantitative estimate of drug-likeness (QED) is 0.536. The molecule has 2 aromatic rings. The topological polar surface area (TPSA) is 81.7 Å². The zero-order chi connectivity index (χ0) is 20.3. The first-order valence-corrected chi connectivity index (χ1v) is 10.1. The second-order valence-corrected chi connectivity index (χ2v) is 8.31. The lowest BCUT2D eigenvalue weighted by atomic mass is 10.1. The summed E-state index contributed by atoms with van der Waals surface area (Å²) in [6.45, 7) is 0. The van der Waals surface area contributed by atoms with Crippen molar-refractivity contribution in [3.8, 4) is 11.5 Å². The Morgan fingerprint density at radius 1 is 1.11 bits per heavy atom. The molecule has 148 valence electrons. The van der Waals surface area contributed by atoms with Crippen molar-refractivity contribution in [2.24, 2.45) is 0 Å². The number of anilines is 1. The number of methoxy groups -OCH3 is 2. The second kappa shape index (κ2) is 8.02. The second-order valence-electron chi connectivity index (χ2n) is 6.35. The van der Waals surface area contributed by atoms with Crippen LogP contribution in [0.2, 0.25) is 0 Å². The van der Waals surface area contributed by atoms with Crippen molar-refractivity contribution >= 4 is 27.6 Å². The van der Waals surface area contributed by atoms with Crippen molar-refractivity contribution in [2.75, 3.05) is 18.9 Å². The molecular weight excluding hydrogens is 385 g/mol. The van der Waals surface area contributed by atoms with E-state index in [0.29, 0.717) is 35.5 Å². The molecule has 8 heteroatoms. The highest BCUT2D eigenvalue weighted by Gasteiger charge is 2.36. The van der Waals surface area contributed by atoms with Crippen LogP contribution in [0.5, 0.6) is 11.5 Å². The molecular formula is C20H20FNO5S. The van der Waals surface area contributed by atoms with Crippen LogP contribution in [0.1, 0.15) is 28.8 Å². The molecule has 0 atom stereocenters. The third kappa shape index (κ3) is 4.51. The molecule has 0 aliphatic heterocycles. The van der Waals surface area contributed by atoms with Gasteiger partial charge in [0.25, 0.3) is 0 Å². The molecule has 0 spiro atoms. The fourth-order valence-corrected chi connectivity index (χ4v) is 4.01. The van der Waals surface area contributed by atoms with E-state index < -0.39 is 15.8 Å². The Kier molecular flexibility index (Phi) is 5.69. The molecule has 0 radical (unpaired) electrons. The van der Waals surface area contributed by atoms with Gasteiger partial charge in [-0.25, -0.2) is 12.8 Å². The van der Waals surface area contributed by atoms with Gasteiger partial charge < -0.3 is 9.47 Å². The van der Waals surface area contributed by atoms with Gasteiger partial charge in [0.2, 0.25) is 10.0 Å². The summed E-state index contributed by atoms with van der Waals surface area (Å²) in [5.74, 6) is -0.0490. The van der Waals surface area contributed by atoms with E-state index in [2.05, 4.69) is 4.72 Å². The van der Waals surface area contributed by atoms with Gasteiger partial charge in [0, 0.05) is 17.2 Å². The van der Waals surface area contributed by atoms with Crippen LogP contribution in [-0.4, -0.2) is 33.7 Å². The van der Waals surface area contributed by atoms with Gasteiger partial charge in [-0.05, 0) is 55.3 Å². The molecule has 1 aliphatic carbocycles. The van der Waals surface area contributed by atoms with E-state index >= 15 is 0 Å².